The average Bonchev–Trinajstić information content (AvgIpc) is 2.37. The van der Waals surface area contributed by atoms with Gasteiger partial charge in [-0.1, -0.05) is 6.92 Å². The second-order valence-electron chi connectivity index (χ2n) is 4.45. The van der Waals surface area contributed by atoms with Gasteiger partial charge in [-0.15, -0.1) is 0 Å². The summed E-state index contributed by atoms with van der Waals surface area (Å²) in [5.41, 5.74) is 7.75. The Morgan fingerprint density at radius 3 is 2.79 bits per heavy atom. The van der Waals surface area contributed by atoms with Gasteiger partial charge in [0.05, 0.1) is 5.56 Å². The molecule has 1 aromatic rings. The summed E-state index contributed by atoms with van der Waals surface area (Å²) in [4.78, 5) is 11.0. The van der Waals surface area contributed by atoms with E-state index in [2.05, 4.69) is 12.2 Å². The van der Waals surface area contributed by atoms with Crippen LogP contribution in [0.15, 0.2) is 12.1 Å². The summed E-state index contributed by atoms with van der Waals surface area (Å²) in [6.45, 7) is 6.11. The number of hydrogen-bond donors (Lipinski definition) is 3. The van der Waals surface area contributed by atoms with Crippen LogP contribution in [0, 0.1) is 6.92 Å². The number of aryl methyl sites for hydroxylation is 1. The number of benzene rings is 1. The van der Waals surface area contributed by atoms with E-state index in [1.54, 1.807) is 13.0 Å². The number of carboxylic acid groups (broad SMARTS) is 1. The van der Waals surface area contributed by atoms with E-state index < -0.39 is 5.97 Å². The van der Waals surface area contributed by atoms with Gasteiger partial charge in [0.2, 0.25) is 0 Å². The van der Waals surface area contributed by atoms with Gasteiger partial charge in [0, 0.05) is 31.1 Å². The lowest BCUT2D eigenvalue weighted by atomic mass is 10.1. The summed E-state index contributed by atoms with van der Waals surface area (Å²) in [5, 5.41) is 12.2. The Hall–Kier alpha value is -1.75. The summed E-state index contributed by atoms with van der Waals surface area (Å²) in [5.74, 6) is -1.00. The molecule has 0 saturated carbocycles. The minimum absolute atomic E-state index is 0.143. The maximum absolute atomic E-state index is 11.0. The van der Waals surface area contributed by atoms with Gasteiger partial charge in [-0.05, 0) is 37.5 Å². The van der Waals surface area contributed by atoms with Gasteiger partial charge in [-0.3, -0.25) is 0 Å². The fourth-order valence-electron chi connectivity index (χ4n) is 1.73. The van der Waals surface area contributed by atoms with Crippen molar-refractivity contribution in [1.29, 1.82) is 0 Å². The molecule has 0 bridgehead atoms. The number of carboxylic acids is 1. The fourth-order valence-corrected chi connectivity index (χ4v) is 1.73. The van der Waals surface area contributed by atoms with Crippen molar-refractivity contribution in [3.8, 4) is 0 Å². The fraction of sp³-hybridized carbons (Fsp3) is 0.500. The zero-order valence-corrected chi connectivity index (χ0v) is 11.5. The van der Waals surface area contributed by atoms with E-state index in [9.17, 15) is 4.79 Å². The van der Waals surface area contributed by atoms with E-state index in [4.69, 9.17) is 15.6 Å². The number of nitrogen functional groups attached to an aromatic ring is 1. The maximum atomic E-state index is 11.0. The van der Waals surface area contributed by atoms with E-state index in [-0.39, 0.29) is 5.56 Å². The van der Waals surface area contributed by atoms with Crippen molar-refractivity contribution in [2.75, 3.05) is 30.8 Å². The standard InChI is InChI=1S/C14H22N2O3/c1-3-6-19-7-4-5-16-11-8-10(2)13(15)12(9-11)14(17)18/h8-9,16H,3-7,15H2,1-2H3,(H,17,18). The first-order valence-electron chi connectivity index (χ1n) is 6.51. The molecule has 0 amide bonds. The van der Waals surface area contributed by atoms with Crippen LogP contribution in [0.2, 0.25) is 0 Å². The number of nitrogens with two attached hydrogens (primary N) is 1. The van der Waals surface area contributed by atoms with Gasteiger partial charge in [0.1, 0.15) is 0 Å². The first kappa shape index (κ1) is 15.3. The smallest absolute Gasteiger partial charge is 0.337 e. The summed E-state index contributed by atoms with van der Waals surface area (Å²) >= 11 is 0. The highest BCUT2D eigenvalue weighted by molar-refractivity contribution is 5.95. The minimum Gasteiger partial charge on any atom is -0.478 e. The first-order chi connectivity index (χ1) is 9.06. The monoisotopic (exact) mass is 266 g/mol. The summed E-state index contributed by atoms with van der Waals surface area (Å²) in [6.07, 6.45) is 1.90. The van der Waals surface area contributed by atoms with Crippen LogP contribution in [-0.4, -0.2) is 30.8 Å². The number of aromatic carboxylic acids is 1. The third-order valence-corrected chi connectivity index (χ3v) is 2.76. The van der Waals surface area contributed by atoms with Crippen molar-refractivity contribution in [1.82, 2.24) is 0 Å². The second kappa shape index (κ2) is 7.63. The van der Waals surface area contributed by atoms with Crippen LogP contribution in [0.3, 0.4) is 0 Å². The molecule has 0 aromatic heterocycles. The Kier molecular flexibility index (Phi) is 6.15. The van der Waals surface area contributed by atoms with Crippen LogP contribution in [0.4, 0.5) is 11.4 Å². The van der Waals surface area contributed by atoms with Gasteiger partial charge in [-0.2, -0.15) is 0 Å². The molecule has 0 unspecified atom stereocenters. The molecule has 0 fully saturated rings. The van der Waals surface area contributed by atoms with Crippen molar-refractivity contribution < 1.29 is 14.6 Å². The molecule has 1 aromatic carbocycles. The summed E-state index contributed by atoms with van der Waals surface area (Å²) < 4.78 is 5.37. The van der Waals surface area contributed by atoms with Crippen molar-refractivity contribution in [2.45, 2.75) is 26.7 Å². The highest BCUT2D eigenvalue weighted by Crippen LogP contribution is 2.22. The van der Waals surface area contributed by atoms with E-state index in [0.717, 1.165) is 37.2 Å². The molecule has 5 heteroatoms. The Labute approximate surface area is 113 Å². The molecule has 0 saturated heterocycles. The molecule has 5 nitrogen and oxygen atoms in total. The maximum Gasteiger partial charge on any atom is 0.337 e. The Morgan fingerprint density at radius 2 is 2.16 bits per heavy atom. The molecule has 0 aliphatic heterocycles. The summed E-state index contributed by atoms with van der Waals surface area (Å²) in [6, 6.07) is 3.42. The van der Waals surface area contributed by atoms with Gasteiger partial charge in [-0.25, -0.2) is 4.79 Å². The second-order valence-corrected chi connectivity index (χ2v) is 4.45. The SMILES string of the molecule is CCCOCCCNc1cc(C)c(N)c(C(=O)O)c1. The van der Waals surface area contributed by atoms with Gasteiger partial charge >= 0.3 is 5.97 Å². The zero-order valence-electron chi connectivity index (χ0n) is 11.5. The largest absolute Gasteiger partial charge is 0.478 e. The number of anilines is 2. The van der Waals surface area contributed by atoms with Crippen molar-refractivity contribution in [2.24, 2.45) is 0 Å². The summed E-state index contributed by atoms with van der Waals surface area (Å²) in [7, 11) is 0. The van der Waals surface area contributed by atoms with E-state index in [1.165, 1.54) is 0 Å². The average molecular weight is 266 g/mol. The van der Waals surface area contributed by atoms with Crippen LogP contribution in [0.1, 0.15) is 35.7 Å². The number of hydrogen-bond acceptors (Lipinski definition) is 4. The van der Waals surface area contributed by atoms with Crippen molar-refractivity contribution in [3.05, 3.63) is 23.3 Å². The van der Waals surface area contributed by atoms with Crippen LogP contribution in [-0.2, 0) is 4.74 Å². The number of carbonyl (C=O) groups is 1. The highest BCUT2D eigenvalue weighted by Gasteiger charge is 2.11. The van der Waals surface area contributed by atoms with E-state index in [1.807, 2.05) is 6.07 Å². The van der Waals surface area contributed by atoms with Crippen LogP contribution >= 0.6 is 0 Å². The number of ether oxygens (including phenoxy) is 1. The van der Waals surface area contributed by atoms with Crippen molar-refractivity contribution >= 4 is 17.3 Å². The molecule has 0 spiro atoms. The molecular formula is C14H22N2O3. The van der Waals surface area contributed by atoms with E-state index >= 15 is 0 Å². The molecule has 4 N–H and O–H groups in total. The quantitative estimate of drug-likeness (QED) is 0.497. The van der Waals surface area contributed by atoms with E-state index in [0.29, 0.717) is 12.3 Å². The highest BCUT2D eigenvalue weighted by atomic mass is 16.5. The molecule has 0 heterocycles. The van der Waals surface area contributed by atoms with Crippen LogP contribution < -0.4 is 11.1 Å². The normalized spacial score (nSPS) is 10.4. The van der Waals surface area contributed by atoms with Gasteiger partial charge < -0.3 is 20.9 Å². The molecule has 0 aliphatic carbocycles. The third kappa shape index (κ3) is 4.79. The molecule has 0 atom stereocenters. The Balaban J connectivity index is 2.52. The third-order valence-electron chi connectivity index (χ3n) is 2.76. The Bertz CT molecular complexity index is 433. The predicted octanol–water partition coefficient (Wildman–Crippen LogP) is 2.50. The lowest BCUT2D eigenvalue weighted by molar-refractivity contribution is 0.0698. The van der Waals surface area contributed by atoms with Gasteiger partial charge in [0.25, 0.3) is 0 Å². The number of rotatable bonds is 8. The van der Waals surface area contributed by atoms with Crippen molar-refractivity contribution in [3.63, 3.8) is 0 Å². The lowest BCUT2D eigenvalue weighted by Crippen LogP contribution is -2.09. The Morgan fingerprint density at radius 1 is 1.42 bits per heavy atom. The molecule has 19 heavy (non-hydrogen) atoms. The lowest BCUT2D eigenvalue weighted by Gasteiger charge is -2.11. The van der Waals surface area contributed by atoms with Crippen LogP contribution in [0.25, 0.3) is 0 Å². The molecular weight excluding hydrogens is 244 g/mol. The molecule has 1 rings (SSSR count). The van der Waals surface area contributed by atoms with Gasteiger partial charge in [0.15, 0.2) is 0 Å². The first-order valence-corrected chi connectivity index (χ1v) is 6.51. The topological polar surface area (TPSA) is 84.6 Å². The van der Waals surface area contributed by atoms with Crippen LogP contribution in [0.5, 0.6) is 0 Å². The molecule has 106 valence electrons. The predicted molar refractivity (Wildman–Crippen MR) is 76.8 cm³/mol. The number of nitrogens with one attached hydrogen (secondary N) is 1. The molecule has 0 aliphatic rings. The minimum atomic E-state index is -1.00. The zero-order chi connectivity index (χ0) is 14.3. The molecule has 0 radical (unpaired) electrons.